The normalized spacial score (nSPS) is 10.2. The van der Waals surface area contributed by atoms with E-state index >= 15 is 0 Å². The zero-order valence-electron chi connectivity index (χ0n) is 9.71. The zero-order valence-corrected chi connectivity index (χ0v) is 11.9. The Hall–Kier alpha value is -1.43. The fourth-order valence-electron chi connectivity index (χ4n) is 1.54. The Morgan fingerprint density at radius 2 is 1.83 bits per heavy atom. The molecule has 0 aromatic heterocycles. The van der Waals surface area contributed by atoms with Gasteiger partial charge in [-0.3, -0.25) is 4.79 Å². The highest BCUT2D eigenvalue weighted by atomic mass is 127. The van der Waals surface area contributed by atoms with Crippen LogP contribution in [-0.2, 0) is 0 Å². The van der Waals surface area contributed by atoms with Crippen molar-refractivity contribution >= 4 is 34.2 Å². The molecular weight excluding hydrogens is 344 g/mol. The van der Waals surface area contributed by atoms with Gasteiger partial charge < -0.3 is 5.32 Å². The summed E-state index contributed by atoms with van der Waals surface area (Å²) in [7, 11) is 0. The third-order valence-corrected chi connectivity index (χ3v) is 3.19. The van der Waals surface area contributed by atoms with Crippen molar-refractivity contribution < 1.29 is 9.18 Å². The van der Waals surface area contributed by atoms with Crippen molar-refractivity contribution in [2.75, 3.05) is 5.32 Å². The highest BCUT2D eigenvalue weighted by Gasteiger charge is 2.11. The van der Waals surface area contributed by atoms with Gasteiger partial charge in [0.15, 0.2) is 0 Å². The van der Waals surface area contributed by atoms with Gasteiger partial charge in [0, 0.05) is 9.26 Å². The molecule has 0 aliphatic carbocycles. The molecule has 2 aromatic carbocycles. The molecule has 0 atom stereocenters. The number of hydrogen-bond donors (Lipinski definition) is 1. The molecule has 0 radical (unpaired) electrons. The smallest absolute Gasteiger partial charge is 0.258 e. The topological polar surface area (TPSA) is 29.1 Å². The number of aryl methyl sites for hydroxylation is 1. The molecule has 0 spiro atoms. The van der Waals surface area contributed by atoms with E-state index < -0.39 is 11.7 Å². The van der Waals surface area contributed by atoms with E-state index in [-0.39, 0.29) is 5.56 Å². The van der Waals surface area contributed by atoms with Crippen molar-refractivity contribution in [2.45, 2.75) is 6.92 Å². The molecule has 1 N–H and O–H groups in total. The van der Waals surface area contributed by atoms with Crippen LogP contribution in [0.2, 0.25) is 0 Å². The Morgan fingerprint density at radius 1 is 1.17 bits per heavy atom. The number of amides is 1. The Balaban J connectivity index is 2.21. The first-order valence-corrected chi connectivity index (χ1v) is 6.47. The van der Waals surface area contributed by atoms with Crippen molar-refractivity contribution in [1.29, 1.82) is 0 Å². The summed E-state index contributed by atoms with van der Waals surface area (Å²) in [5, 5.41) is 2.67. The Bertz CT molecular complexity index is 581. The number of anilines is 1. The average Bonchev–Trinajstić information content (AvgIpc) is 2.35. The largest absolute Gasteiger partial charge is 0.322 e. The van der Waals surface area contributed by atoms with Gasteiger partial charge in [0.1, 0.15) is 5.82 Å². The molecule has 0 unspecified atom stereocenters. The standard InChI is InChI=1S/C14H11FINO/c1-9-2-7-13(15)12(8-9)14(18)17-11-5-3-10(16)4-6-11/h2-8H,1H3,(H,17,18). The molecule has 1 amide bonds. The summed E-state index contributed by atoms with van der Waals surface area (Å²) in [4.78, 5) is 11.9. The summed E-state index contributed by atoms with van der Waals surface area (Å²) >= 11 is 2.18. The first-order valence-electron chi connectivity index (χ1n) is 5.39. The SMILES string of the molecule is Cc1ccc(F)c(C(=O)Nc2ccc(I)cc2)c1. The molecule has 0 aliphatic rings. The zero-order chi connectivity index (χ0) is 13.1. The molecule has 2 nitrogen and oxygen atoms in total. The molecule has 2 rings (SSSR count). The van der Waals surface area contributed by atoms with Crippen LogP contribution in [0.1, 0.15) is 15.9 Å². The van der Waals surface area contributed by atoms with E-state index in [4.69, 9.17) is 0 Å². The van der Waals surface area contributed by atoms with Gasteiger partial charge in [-0.25, -0.2) is 4.39 Å². The number of nitrogens with one attached hydrogen (secondary N) is 1. The van der Waals surface area contributed by atoms with Crippen LogP contribution in [0.3, 0.4) is 0 Å². The van der Waals surface area contributed by atoms with Gasteiger partial charge in [-0.1, -0.05) is 11.6 Å². The van der Waals surface area contributed by atoms with Crippen LogP contribution in [-0.4, -0.2) is 5.91 Å². The first kappa shape index (κ1) is 13.0. The molecule has 92 valence electrons. The predicted octanol–water partition coefficient (Wildman–Crippen LogP) is 3.99. The number of halogens is 2. The van der Waals surface area contributed by atoms with E-state index in [1.807, 2.05) is 19.1 Å². The van der Waals surface area contributed by atoms with E-state index in [1.165, 1.54) is 12.1 Å². The molecule has 0 heterocycles. The second kappa shape index (κ2) is 5.48. The van der Waals surface area contributed by atoms with Gasteiger partial charge >= 0.3 is 0 Å². The number of rotatable bonds is 2. The summed E-state index contributed by atoms with van der Waals surface area (Å²) in [6.07, 6.45) is 0. The van der Waals surface area contributed by atoms with Crippen molar-refractivity contribution in [1.82, 2.24) is 0 Å². The van der Waals surface area contributed by atoms with Crippen LogP contribution in [0.15, 0.2) is 42.5 Å². The van der Waals surface area contributed by atoms with Crippen molar-refractivity contribution in [3.05, 3.63) is 63.0 Å². The molecule has 4 heteroatoms. The van der Waals surface area contributed by atoms with E-state index in [1.54, 1.807) is 18.2 Å². The highest BCUT2D eigenvalue weighted by Crippen LogP contribution is 2.15. The minimum atomic E-state index is -0.511. The maximum Gasteiger partial charge on any atom is 0.258 e. The van der Waals surface area contributed by atoms with E-state index in [0.29, 0.717) is 5.69 Å². The molecule has 2 aromatic rings. The number of hydrogen-bond acceptors (Lipinski definition) is 1. The lowest BCUT2D eigenvalue weighted by atomic mass is 10.1. The Kier molecular flexibility index (Phi) is 3.96. The lowest BCUT2D eigenvalue weighted by Crippen LogP contribution is -2.13. The molecule has 18 heavy (non-hydrogen) atoms. The monoisotopic (exact) mass is 355 g/mol. The van der Waals surface area contributed by atoms with Crippen LogP contribution in [0.4, 0.5) is 10.1 Å². The van der Waals surface area contributed by atoms with Crippen molar-refractivity contribution in [3.8, 4) is 0 Å². The van der Waals surface area contributed by atoms with Gasteiger partial charge in [0.05, 0.1) is 5.56 Å². The second-order valence-electron chi connectivity index (χ2n) is 3.94. The number of carbonyl (C=O) groups is 1. The van der Waals surface area contributed by atoms with Crippen molar-refractivity contribution in [2.24, 2.45) is 0 Å². The highest BCUT2D eigenvalue weighted by molar-refractivity contribution is 14.1. The van der Waals surface area contributed by atoms with Gasteiger partial charge in [0.25, 0.3) is 5.91 Å². The third kappa shape index (κ3) is 3.07. The lowest BCUT2D eigenvalue weighted by molar-refractivity contribution is 0.102. The molecule has 0 fully saturated rings. The predicted molar refractivity (Wildman–Crippen MR) is 78.2 cm³/mol. The Labute approximate surface area is 118 Å². The molecule has 0 saturated heterocycles. The number of carbonyl (C=O) groups excluding carboxylic acids is 1. The minimum Gasteiger partial charge on any atom is -0.322 e. The minimum absolute atomic E-state index is 0.0635. The summed E-state index contributed by atoms with van der Waals surface area (Å²) in [5.41, 5.74) is 1.57. The first-order chi connectivity index (χ1) is 8.56. The Morgan fingerprint density at radius 3 is 2.50 bits per heavy atom. The van der Waals surface area contributed by atoms with Gasteiger partial charge in [0.2, 0.25) is 0 Å². The lowest BCUT2D eigenvalue weighted by Gasteiger charge is -2.07. The van der Waals surface area contributed by atoms with Gasteiger partial charge in [-0.2, -0.15) is 0 Å². The second-order valence-corrected chi connectivity index (χ2v) is 5.19. The molecule has 0 saturated carbocycles. The van der Waals surface area contributed by atoms with E-state index in [9.17, 15) is 9.18 Å². The molecular formula is C14H11FINO. The average molecular weight is 355 g/mol. The summed E-state index contributed by atoms with van der Waals surface area (Å²) in [6.45, 7) is 1.82. The van der Waals surface area contributed by atoms with E-state index in [0.717, 1.165) is 9.13 Å². The van der Waals surface area contributed by atoms with Crippen LogP contribution in [0.25, 0.3) is 0 Å². The van der Waals surface area contributed by atoms with E-state index in [2.05, 4.69) is 27.9 Å². The van der Waals surface area contributed by atoms with Crippen LogP contribution >= 0.6 is 22.6 Å². The maximum absolute atomic E-state index is 13.5. The fraction of sp³-hybridized carbons (Fsp3) is 0.0714. The fourth-order valence-corrected chi connectivity index (χ4v) is 1.90. The van der Waals surface area contributed by atoms with Gasteiger partial charge in [-0.05, 0) is 65.9 Å². The van der Waals surface area contributed by atoms with Crippen LogP contribution < -0.4 is 5.32 Å². The molecule has 0 bridgehead atoms. The van der Waals surface area contributed by atoms with Crippen LogP contribution in [0.5, 0.6) is 0 Å². The van der Waals surface area contributed by atoms with Gasteiger partial charge in [-0.15, -0.1) is 0 Å². The quantitative estimate of drug-likeness (QED) is 0.811. The maximum atomic E-state index is 13.5. The van der Waals surface area contributed by atoms with Crippen LogP contribution in [0, 0.1) is 16.3 Å². The summed E-state index contributed by atoms with van der Waals surface area (Å²) in [5.74, 6) is -0.944. The van der Waals surface area contributed by atoms with Crippen molar-refractivity contribution in [3.63, 3.8) is 0 Å². The number of benzene rings is 2. The third-order valence-electron chi connectivity index (χ3n) is 2.47. The summed E-state index contributed by atoms with van der Waals surface area (Å²) in [6, 6.07) is 11.8. The molecule has 0 aliphatic heterocycles. The summed E-state index contributed by atoms with van der Waals surface area (Å²) < 4.78 is 14.6.